The molecule has 5 heteroatoms. The van der Waals surface area contributed by atoms with Crippen LogP contribution in [0.4, 0.5) is 11.4 Å². The third-order valence-electron chi connectivity index (χ3n) is 2.32. The van der Waals surface area contributed by atoms with E-state index >= 15 is 0 Å². The van der Waals surface area contributed by atoms with Gasteiger partial charge in [0, 0.05) is 36.0 Å². The fourth-order valence-electron chi connectivity index (χ4n) is 1.65. The zero-order chi connectivity index (χ0) is 13.5. The lowest BCUT2D eigenvalue weighted by Gasteiger charge is -2.15. The summed E-state index contributed by atoms with van der Waals surface area (Å²) >= 11 is 0. The van der Waals surface area contributed by atoms with Gasteiger partial charge in [-0.1, -0.05) is 6.92 Å². The molecule has 0 spiro atoms. The van der Waals surface area contributed by atoms with Crippen LogP contribution in [0.1, 0.15) is 26.7 Å². The highest BCUT2D eigenvalue weighted by atomic mass is 16.5. The Labute approximate surface area is 107 Å². The van der Waals surface area contributed by atoms with E-state index in [9.17, 15) is 4.79 Å². The molecule has 0 aromatic heterocycles. The zero-order valence-corrected chi connectivity index (χ0v) is 10.9. The Kier molecular flexibility index (Phi) is 5.30. The molecule has 5 nitrogen and oxygen atoms in total. The number of benzene rings is 1. The summed E-state index contributed by atoms with van der Waals surface area (Å²) in [6, 6.07) is 5.41. The average Bonchev–Trinajstić information content (AvgIpc) is 2.24. The molecule has 1 aromatic rings. The summed E-state index contributed by atoms with van der Waals surface area (Å²) in [6.07, 6.45) is 1.22. The first kappa shape index (κ1) is 14.2. The number of amides is 1. The first-order valence-electron chi connectivity index (χ1n) is 6.09. The second-order valence-electron chi connectivity index (χ2n) is 4.36. The van der Waals surface area contributed by atoms with Crippen LogP contribution in [0.2, 0.25) is 0 Å². The second-order valence-corrected chi connectivity index (χ2v) is 4.36. The standard InChI is InChI=1S/C13H21N3O2/c1-3-4-18-12-7-10(14)6-11(8-12)16-9(2)5-13(15)17/h6-9,16H,3-5,14H2,1-2H3,(H2,15,17). The van der Waals surface area contributed by atoms with Gasteiger partial charge in [-0.3, -0.25) is 4.79 Å². The summed E-state index contributed by atoms with van der Waals surface area (Å²) in [6.45, 7) is 4.58. The molecule has 18 heavy (non-hydrogen) atoms. The van der Waals surface area contributed by atoms with Crippen molar-refractivity contribution in [1.82, 2.24) is 0 Å². The average molecular weight is 251 g/mol. The Bertz CT molecular complexity index is 407. The number of nitrogen functional groups attached to an aromatic ring is 1. The van der Waals surface area contributed by atoms with Crippen LogP contribution >= 0.6 is 0 Å². The van der Waals surface area contributed by atoms with Gasteiger partial charge in [-0.2, -0.15) is 0 Å². The van der Waals surface area contributed by atoms with Crippen LogP contribution < -0.4 is 21.5 Å². The SMILES string of the molecule is CCCOc1cc(N)cc(NC(C)CC(N)=O)c1. The molecule has 0 aliphatic rings. The van der Waals surface area contributed by atoms with Crippen LogP contribution in [0.3, 0.4) is 0 Å². The molecule has 0 radical (unpaired) electrons. The Balaban J connectivity index is 2.69. The van der Waals surface area contributed by atoms with E-state index in [1.807, 2.05) is 19.9 Å². The van der Waals surface area contributed by atoms with Crippen molar-refractivity contribution < 1.29 is 9.53 Å². The molecule has 0 heterocycles. The molecule has 1 unspecified atom stereocenters. The third-order valence-corrected chi connectivity index (χ3v) is 2.32. The maximum absolute atomic E-state index is 10.8. The number of nitrogens with two attached hydrogens (primary N) is 2. The van der Waals surface area contributed by atoms with E-state index in [-0.39, 0.29) is 18.4 Å². The van der Waals surface area contributed by atoms with E-state index in [1.54, 1.807) is 12.1 Å². The number of primary amides is 1. The molecule has 1 atom stereocenters. The van der Waals surface area contributed by atoms with Crippen LogP contribution in [0.25, 0.3) is 0 Å². The van der Waals surface area contributed by atoms with Crippen molar-refractivity contribution in [2.24, 2.45) is 5.73 Å². The Morgan fingerprint density at radius 2 is 2.17 bits per heavy atom. The van der Waals surface area contributed by atoms with E-state index in [1.165, 1.54) is 0 Å². The van der Waals surface area contributed by atoms with Crippen molar-refractivity contribution in [3.63, 3.8) is 0 Å². The number of carbonyl (C=O) groups excluding carboxylic acids is 1. The predicted octanol–water partition coefficient (Wildman–Crippen LogP) is 1.73. The molecule has 1 amide bonds. The minimum absolute atomic E-state index is 0.0386. The lowest BCUT2D eigenvalue weighted by molar-refractivity contribution is -0.118. The molecular weight excluding hydrogens is 230 g/mol. The predicted molar refractivity (Wildman–Crippen MR) is 73.5 cm³/mol. The maximum atomic E-state index is 10.8. The molecule has 0 aliphatic carbocycles. The molecule has 5 N–H and O–H groups in total. The van der Waals surface area contributed by atoms with Gasteiger partial charge in [0.15, 0.2) is 0 Å². The highest BCUT2D eigenvalue weighted by Crippen LogP contribution is 2.23. The van der Waals surface area contributed by atoms with E-state index in [2.05, 4.69) is 5.32 Å². The molecule has 0 fully saturated rings. The minimum atomic E-state index is -0.332. The quantitative estimate of drug-likeness (QED) is 0.644. The Morgan fingerprint density at radius 3 is 2.78 bits per heavy atom. The maximum Gasteiger partial charge on any atom is 0.219 e. The van der Waals surface area contributed by atoms with Gasteiger partial charge < -0.3 is 21.5 Å². The highest BCUT2D eigenvalue weighted by molar-refractivity contribution is 5.75. The van der Waals surface area contributed by atoms with E-state index in [4.69, 9.17) is 16.2 Å². The van der Waals surface area contributed by atoms with Gasteiger partial charge in [0.2, 0.25) is 5.91 Å². The monoisotopic (exact) mass is 251 g/mol. The first-order chi connectivity index (χ1) is 8.51. The van der Waals surface area contributed by atoms with Gasteiger partial charge in [0.1, 0.15) is 5.75 Å². The Hall–Kier alpha value is -1.91. The first-order valence-corrected chi connectivity index (χ1v) is 6.09. The van der Waals surface area contributed by atoms with Crippen molar-refractivity contribution in [3.8, 4) is 5.75 Å². The van der Waals surface area contributed by atoms with Crippen molar-refractivity contribution in [3.05, 3.63) is 18.2 Å². The molecule has 1 aromatic carbocycles. The lowest BCUT2D eigenvalue weighted by atomic mass is 10.2. The summed E-state index contributed by atoms with van der Waals surface area (Å²) in [5.41, 5.74) is 12.4. The van der Waals surface area contributed by atoms with Gasteiger partial charge in [0.05, 0.1) is 6.61 Å². The number of carbonyl (C=O) groups is 1. The van der Waals surface area contributed by atoms with Crippen LogP contribution in [0.5, 0.6) is 5.75 Å². The van der Waals surface area contributed by atoms with Gasteiger partial charge in [-0.15, -0.1) is 0 Å². The van der Waals surface area contributed by atoms with Gasteiger partial charge >= 0.3 is 0 Å². The minimum Gasteiger partial charge on any atom is -0.493 e. The fourth-order valence-corrected chi connectivity index (χ4v) is 1.65. The second kappa shape index (κ2) is 6.74. The van der Waals surface area contributed by atoms with Gasteiger partial charge in [-0.05, 0) is 19.4 Å². The van der Waals surface area contributed by atoms with Crippen LogP contribution in [-0.2, 0) is 4.79 Å². The summed E-state index contributed by atoms with van der Waals surface area (Å²) in [7, 11) is 0. The third kappa shape index (κ3) is 4.95. The summed E-state index contributed by atoms with van der Waals surface area (Å²) in [5, 5.41) is 3.17. The molecular formula is C13H21N3O2. The molecule has 1 rings (SSSR count). The van der Waals surface area contributed by atoms with Crippen molar-refractivity contribution in [2.45, 2.75) is 32.7 Å². The normalized spacial score (nSPS) is 11.9. The Morgan fingerprint density at radius 1 is 1.44 bits per heavy atom. The number of rotatable bonds is 7. The summed E-state index contributed by atoms with van der Waals surface area (Å²) in [5.74, 6) is 0.395. The summed E-state index contributed by atoms with van der Waals surface area (Å²) < 4.78 is 5.53. The van der Waals surface area contributed by atoms with E-state index in [0.29, 0.717) is 12.3 Å². The van der Waals surface area contributed by atoms with Crippen molar-refractivity contribution in [2.75, 3.05) is 17.7 Å². The largest absolute Gasteiger partial charge is 0.493 e. The van der Waals surface area contributed by atoms with Crippen LogP contribution in [0, 0.1) is 0 Å². The molecule has 0 saturated heterocycles. The number of ether oxygens (including phenoxy) is 1. The molecule has 0 bridgehead atoms. The summed E-state index contributed by atoms with van der Waals surface area (Å²) in [4.78, 5) is 10.8. The molecule has 0 aliphatic heterocycles. The van der Waals surface area contributed by atoms with E-state index in [0.717, 1.165) is 17.9 Å². The number of hydrogen-bond donors (Lipinski definition) is 3. The number of hydrogen-bond acceptors (Lipinski definition) is 4. The van der Waals surface area contributed by atoms with Crippen molar-refractivity contribution in [1.29, 1.82) is 0 Å². The zero-order valence-electron chi connectivity index (χ0n) is 10.9. The fraction of sp³-hybridized carbons (Fsp3) is 0.462. The lowest BCUT2D eigenvalue weighted by Crippen LogP contribution is -2.24. The van der Waals surface area contributed by atoms with E-state index < -0.39 is 0 Å². The van der Waals surface area contributed by atoms with Gasteiger partial charge in [-0.25, -0.2) is 0 Å². The van der Waals surface area contributed by atoms with Crippen LogP contribution in [-0.4, -0.2) is 18.6 Å². The van der Waals surface area contributed by atoms with Crippen molar-refractivity contribution >= 4 is 17.3 Å². The molecule has 100 valence electrons. The number of anilines is 2. The molecule has 0 saturated carbocycles. The topological polar surface area (TPSA) is 90.4 Å². The highest BCUT2D eigenvalue weighted by Gasteiger charge is 2.07. The van der Waals surface area contributed by atoms with Crippen LogP contribution in [0.15, 0.2) is 18.2 Å². The smallest absolute Gasteiger partial charge is 0.219 e. The number of nitrogens with one attached hydrogen (secondary N) is 1. The van der Waals surface area contributed by atoms with Gasteiger partial charge in [0.25, 0.3) is 0 Å².